The maximum absolute atomic E-state index is 11.3. The fourth-order valence-electron chi connectivity index (χ4n) is 1.80. The molecule has 0 aliphatic rings. The molecule has 2 rings (SSSR count). The molecule has 1 heterocycles. The first-order valence-electron chi connectivity index (χ1n) is 6.20. The SMILES string of the molecule is COC(=O)c1ccc(-c2cn(CC(C)(C)O)nn2)cc1. The van der Waals surface area contributed by atoms with Crippen LogP contribution in [0.25, 0.3) is 11.3 Å². The maximum Gasteiger partial charge on any atom is 0.337 e. The molecular weight excluding hydrogens is 258 g/mol. The number of rotatable bonds is 4. The van der Waals surface area contributed by atoms with Crippen molar-refractivity contribution in [3.05, 3.63) is 36.0 Å². The van der Waals surface area contributed by atoms with Gasteiger partial charge < -0.3 is 9.84 Å². The largest absolute Gasteiger partial charge is 0.465 e. The lowest BCUT2D eigenvalue weighted by Crippen LogP contribution is -2.26. The lowest BCUT2D eigenvalue weighted by Gasteiger charge is -2.15. The van der Waals surface area contributed by atoms with E-state index in [2.05, 4.69) is 15.0 Å². The molecule has 6 nitrogen and oxygen atoms in total. The van der Waals surface area contributed by atoms with Gasteiger partial charge in [-0.05, 0) is 26.0 Å². The topological polar surface area (TPSA) is 77.2 Å². The second kappa shape index (κ2) is 5.42. The molecule has 2 aromatic rings. The van der Waals surface area contributed by atoms with Crippen LogP contribution in [-0.2, 0) is 11.3 Å². The number of methoxy groups -OCH3 is 1. The second-order valence-corrected chi connectivity index (χ2v) is 5.18. The predicted octanol–water partition coefficient (Wildman–Crippen LogP) is 1.50. The number of ether oxygens (including phenoxy) is 1. The molecule has 106 valence electrons. The number of carbonyl (C=O) groups is 1. The zero-order chi connectivity index (χ0) is 14.8. The van der Waals surface area contributed by atoms with Crippen LogP contribution < -0.4 is 0 Å². The Kier molecular flexibility index (Phi) is 3.85. The third-order valence-corrected chi connectivity index (χ3v) is 2.69. The van der Waals surface area contributed by atoms with E-state index in [9.17, 15) is 9.90 Å². The van der Waals surface area contributed by atoms with Gasteiger partial charge in [0, 0.05) is 5.56 Å². The Morgan fingerprint density at radius 3 is 2.55 bits per heavy atom. The van der Waals surface area contributed by atoms with Gasteiger partial charge >= 0.3 is 5.97 Å². The molecule has 0 aliphatic heterocycles. The van der Waals surface area contributed by atoms with E-state index >= 15 is 0 Å². The van der Waals surface area contributed by atoms with Crippen molar-refractivity contribution in [3.63, 3.8) is 0 Å². The highest BCUT2D eigenvalue weighted by Crippen LogP contribution is 2.18. The average Bonchev–Trinajstić information content (AvgIpc) is 2.84. The van der Waals surface area contributed by atoms with Gasteiger partial charge in [-0.2, -0.15) is 0 Å². The van der Waals surface area contributed by atoms with Crippen LogP contribution in [0.1, 0.15) is 24.2 Å². The highest BCUT2D eigenvalue weighted by molar-refractivity contribution is 5.89. The summed E-state index contributed by atoms with van der Waals surface area (Å²) in [5.74, 6) is -0.373. The predicted molar refractivity (Wildman–Crippen MR) is 73.1 cm³/mol. The van der Waals surface area contributed by atoms with Crippen molar-refractivity contribution in [1.29, 1.82) is 0 Å². The monoisotopic (exact) mass is 275 g/mol. The van der Waals surface area contributed by atoms with Gasteiger partial charge in [0.25, 0.3) is 0 Å². The minimum Gasteiger partial charge on any atom is -0.465 e. The number of esters is 1. The van der Waals surface area contributed by atoms with Crippen LogP contribution in [0, 0.1) is 0 Å². The normalized spacial score (nSPS) is 11.4. The van der Waals surface area contributed by atoms with Crippen molar-refractivity contribution < 1.29 is 14.6 Å². The molecule has 0 atom stereocenters. The van der Waals surface area contributed by atoms with E-state index in [1.165, 1.54) is 7.11 Å². The summed E-state index contributed by atoms with van der Waals surface area (Å²) in [5.41, 5.74) is 1.17. The third kappa shape index (κ3) is 3.42. The minimum absolute atomic E-state index is 0.361. The molecule has 0 amide bonds. The van der Waals surface area contributed by atoms with Crippen molar-refractivity contribution in [2.75, 3.05) is 7.11 Å². The van der Waals surface area contributed by atoms with Gasteiger partial charge in [-0.3, -0.25) is 0 Å². The van der Waals surface area contributed by atoms with Crippen molar-refractivity contribution in [1.82, 2.24) is 15.0 Å². The first kappa shape index (κ1) is 14.2. The zero-order valence-electron chi connectivity index (χ0n) is 11.7. The lowest BCUT2D eigenvalue weighted by atomic mass is 10.1. The van der Waals surface area contributed by atoms with Crippen molar-refractivity contribution in [3.8, 4) is 11.3 Å². The smallest absolute Gasteiger partial charge is 0.337 e. The molecule has 0 spiro atoms. The van der Waals surface area contributed by atoms with Crippen LogP contribution >= 0.6 is 0 Å². The summed E-state index contributed by atoms with van der Waals surface area (Å²) in [6, 6.07) is 6.92. The molecule has 0 aliphatic carbocycles. The van der Waals surface area contributed by atoms with Crippen LogP contribution in [0.2, 0.25) is 0 Å². The maximum atomic E-state index is 11.3. The number of benzene rings is 1. The van der Waals surface area contributed by atoms with E-state index < -0.39 is 5.60 Å². The summed E-state index contributed by atoms with van der Waals surface area (Å²) < 4.78 is 6.23. The fraction of sp³-hybridized carbons (Fsp3) is 0.357. The Morgan fingerprint density at radius 1 is 1.35 bits per heavy atom. The number of hydrogen-bond acceptors (Lipinski definition) is 5. The summed E-state index contributed by atoms with van der Waals surface area (Å²) >= 11 is 0. The molecule has 0 saturated heterocycles. The van der Waals surface area contributed by atoms with E-state index in [-0.39, 0.29) is 5.97 Å². The van der Waals surface area contributed by atoms with Gasteiger partial charge in [0.05, 0.1) is 31.0 Å². The summed E-state index contributed by atoms with van der Waals surface area (Å²) in [7, 11) is 1.35. The molecule has 1 N–H and O–H groups in total. The van der Waals surface area contributed by atoms with Crippen LogP contribution in [0.3, 0.4) is 0 Å². The van der Waals surface area contributed by atoms with E-state index in [0.717, 1.165) is 5.56 Å². The lowest BCUT2D eigenvalue weighted by molar-refractivity contribution is 0.0569. The summed E-state index contributed by atoms with van der Waals surface area (Å²) in [6.07, 6.45) is 1.76. The van der Waals surface area contributed by atoms with Crippen LogP contribution in [0.4, 0.5) is 0 Å². The molecule has 1 aromatic carbocycles. The Morgan fingerprint density at radius 2 is 2.00 bits per heavy atom. The molecule has 0 bridgehead atoms. The summed E-state index contributed by atoms with van der Waals surface area (Å²) in [5, 5.41) is 17.8. The highest BCUT2D eigenvalue weighted by atomic mass is 16.5. The first-order chi connectivity index (χ1) is 9.39. The standard InChI is InChI=1S/C14H17N3O3/c1-14(2,19)9-17-8-12(15-16-17)10-4-6-11(7-5-10)13(18)20-3/h4-8,19H,9H2,1-3H3. The Balaban J connectivity index is 2.18. The number of aromatic nitrogens is 3. The molecule has 0 radical (unpaired) electrons. The molecular formula is C14H17N3O3. The van der Waals surface area contributed by atoms with Crippen molar-refractivity contribution >= 4 is 5.97 Å². The molecule has 0 fully saturated rings. The number of carbonyl (C=O) groups excluding carboxylic acids is 1. The number of aliphatic hydroxyl groups is 1. The average molecular weight is 275 g/mol. The van der Waals surface area contributed by atoms with Gasteiger partial charge in [-0.15, -0.1) is 5.10 Å². The zero-order valence-corrected chi connectivity index (χ0v) is 11.7. The van der Waals surface area contributed by atoms with E-state index in [1.54, 1.807) is 49.0 Å². The van der Waals surface area contributed by atoms with Gasteiger partial charge in [-0.1, -0.05) is 17.3 Å². The van der Waals surface area contributed by atoms with Crippen LogP contribution in [-0.4, -0.2) is 38.8 Å². The van der Waals surface area contributed by atoms with Crippen molar-refractivity contribution in [2.45, 2.75) is 26.0 Å². The highest BCUT2D eigenvalue weighted by Gasteiger charge is 2.15. The first-order valence-corrected chi connectivity index (χ1v) is 6.20. The van der Waals surface area contributed by atoms with E-state index in [1.807, 2.05) is 0 Å². The number of hydrogen-bond donors (Lipinski definition) is 1. The summed E-state index contributed by atoms with van der Waals surface area (Å²) in [4.78, 5) is 11.3. The molecule has 20 heavy (non-hydrogen) atoms. The van der Waals surface area contributed by atoms with Gasteiger partial charge in [-0.25, -0.2) is 9.48 Å². The van der Waals surface area contributed by atoms with Crippen molar-refractivity contribution in [2.24, 2.45) is 0 Å². The Hall–Kier alpha value is -2.21. The van der Waals surface area contributed by atoms with Gasteiger partial charge in [0.15, 0.2) is 0 Å². The molecule has 1 aromatic heterocycles. The van der Waals surface area contributed by atoms with E-state index in [4.69, 9.17) is 0 Å². The molecule has 6 heteroatoms. The van der Waals surface area contributed by atoms with Gasteiger partial charge in [0.1, 0.15) is 5.69 Å². The Labute approximate surface area is 117 Å². The quantitative estimate of drug-likeness (QED) is 0.856. The number of nitrogens with zero attached hydrogens (tertiary/aromatic N) is 3. The van der Waals surface area contributed by atoms with Gasteiger partial charge in [0.2, 0.25) is 0 Å². The summed E-state index contributed by atoms with van der Waals surface area (Å²) in [6.45, 7) is 3.78. The third-order valence-electron chi connectivity index (χ3n) is 2.69. The molecule has 0 saturated carbocycles. The fourth-order valence-corrected chi connectivity index (χ4v) is 1.80. The second-order valence-electron chi connectivity index (χ2n) is 5.18. The van der Waals surface area contributed by atoms with Crippen LogP contribution in [0.15, 0.2) is 30.5 Å². The molecule has 0 unspecified atom stereocenters. The van der Waals surface area contributed by atoms with E-state index in [0.29, 0.717) is 17.8 Å². The van der Waals surface area contributed by atoms with Crippen LogP contribution in [0.5, 0.6) is 0 Å². The Bertz CT molecular complexity index is 597. The minimum atomic E-state index is -0.848.